The summed E-state index contributed by atoms with van der Waals surface area (Å²) in [7, 11) is 4.14. The molecular weight excluding hydrogens is 436 g/mol. The third kappa shape index (κ3) is 4.54. The highest BCUT2D eigenvalue weighted by molar-refractivity contribution is 5.99. The van der Waals surface area contributed by atoms with Crippen molar-refractivity contribution in [2.24, 2.45) is 0 Å². The fourth-order valence-corrected chi connectivity index (χ4v) is 4.43. The molecular formula is C29H26N4O2. The summed E-state index contributed by atoms with van der Waals surface area (Å²) >= 11 is 0. The number of hydrogen-bond donors (Lipinski definition) is 2. The van der Waals surface area contributed by atoms with Crippen molar-refractivity contribution >= 4 is 27.9 Å². The fraction of sp³-hybridized carbons (Fsp3) is 0.172. The smallest absolute Gasteiger partial charge is 0.336 e. The molecule has 2 aromatic carbocycles. The molecule has 0 aliphatic carbocycles. The van der Waals surface area contributed by atoms with Gasteiger partial charge in [0, 0.05) is 47.2 Å². The largest absolute Gasteiger partial charge is 0.478 e. The first-order chi connectivity index (χ1) is 17.0. The van der Waals surface area contributed by atoms with Crippen LogP contribution in [0.2, 0.25) is 0 Å². The number of nitrogens with one attached hydrogen (secondary N) is 1. The van der Waals surface area contributed by atoms with Crippen LogP contribution in [0.25, 0.3) is 33.1 Å². The Kier molecular flexibility index (Phi) is 6.09. The first-order valence-electron chi connectivity index (χ1n) is 11.6. The summed E-state index contributed by atoms with van der Waals surface area (Å²) in [6.07, 6.45) is 6.73. The number of fused-ring (bicyclic) bond motifs is 2. The van der Waals surface area contributed by atoms with Gasteiger partial charge in [-0.3, -0.25) is 0 Å². The van der Waals surface area contributed by atoms with Crippen LogP contribution < -0.4 is 0 Å². The van der Waals surface area contributed by atoms with Gasteiger partial charge < -0.3 is 19.6 Å². The van der Waals surface area contributed by atoms with Crippen LogP contribution in [0, 0.1) is 11.8 Å². The molecule has 0 unspecified atom stereocenters. The molecule has 0 bridgehead atoms. The highest BCUT2D eigenvalue weighted by Crippen LogP contribution is 2.30. The first kappa shape index (κ1) is 22.5. The molecule has 5 aromatic rings. The van der Waals surface area contributed by atoms with E-state index in [1.165, 1.54) is 0 Å². The van der Waals surface area contributed by atoms with Crippen molar-refractivity contribution in [1.82, 2.24) is 19.4 Å². The summed E-state index contributed by atoms with van der Waals surface area (Å²) in [4.78, 5) is 22.0. The fourth-order valence-electron chi connectivity index (χ4n) is 4.43. The molecule has 0 amide bonds. The van der Waals surface area contributed by atoms with Crippen LogP contribution >= 0.6 is 0 Å². The zero-order chi connectivity index (χ0) is 24.4. The molecule has 3 heterocycles. The standard InChI is InChI=1S/C29H26N4O2/c1-32(2)16-5-17-33-19-23(24-8-4-14-31-28(24)33)12-10-21-6-3-7-25(29(34)35)27(21)22-11-9-20-13-15-30-26(20)18-22/h3-4,6-9,11,13-15,18-19,30H,5,16-17H2,1-2H3,(H,34,35). The van der Waals surface area contributed by atoms with E-state index in [-0.39, 0.29) is 5.56 Å². The minimum atomic E-state index is -0.975. The first-order valence-corrected chi connectivity index (χ1v) is 11.6. The van der Waals surface area contributed by atoms with Crippen molar-refractivity contribution in [1.29, 1.82) is 0 Å². The molecule has 0 aliphatic heterocycles. The number of carboxylic acid groups (broad SMARTS) is 1. The molecule has 174 valence electrons. The molecule has 6 heteroatoms. The maximum absolute atomic E-state index is 12.1. The zero-order valence-electron chi connectivity index (χ0n) is 19.7. The Labute approximate surface area is 203 Å². The van der Waals surface area contributed by atoms with Crippen molar-refractivity contribution in [3.63, 3.8) is 0 Å². The molecule has 5 rings (SSSR count). The highest BCUT2D eigenvalue weighted by atomic mass is 16.4. The number of hydrogen-bond acceptors (Lipinski definition) is 3. The number of carbonyl (C=O) groups is 1. The van der Waals surface area contributed by atoms with Crippen LogP contribution in [0.1, 0.15) is 27.9 Å². The number of aromatic nitrogens is 3. The van der Waals surface area contributed by atoms with E-state index >= 15 is 0 Å². The minimum Gasteiger partial charge on any atom is -0.478 e. The molecule has 0 fully saturated rings. The number of benzene rings is 2. The second kappa shape index (κ2) is 9.49. The van der Waals surface area contributed by atoms with Crippen molar-refractivity contribution in [3.8, 4) is 23.0 Å². The molecule has 0 saturated heterocycles. The Hall–Kier alpha value is -4.34. The van der Waals surface area contributed by atoms with E-state index in [1.54, 1.807) is 18.3 Å². The lowest BCUT2D eigenvalue weighted by Gasteiger charge is -2.10. The Morgan fingerprint density at radius 1 is 1.09 bits per heavy atom. The Morgan fingerprint density at radius 2 is 1.94 bits per heavy atom. The number of aromatic amines is 1. The van der Waals surface area contributed by atoms with Crippen LogP contribution in [0.5, 0.6) is 0 Å². The predicted molar refractivity (Wildman–Crippen MR) is 140 cm³/mol. The third-order valence-corrected chi connectivity index (χ3v) is 6.11. The van der Waals surface area contributed by atoms with Crippen molar-refractivity contribution in [3.05, 3.63) is 89.9 Å². The average molecular weight is 463 g/mol. The van der Waals surface area contributed by atoms with E-state index in [4.69, 9.17) is 0 Å². The van der Waals surface area contributed by atoms with Gasteiger partial charge >= 0.3 is 5.97 Å². The minimum absolute atomic E-state index is 0.232. The lowest BCUT2D eigenvalue weighted by Crippen LogP contribution is -2.14. The lowest BCUT2D eigenvalue weighted by atomic mass is 9.93. The van der Waals surface area contributed by atoms with E-state index < -0.39 is 5.97 Å². The molecule has 2 N–H and O–H groups in total. The third-order valence-electron chi connectivity index (χ3n) is 6.11. The molecule has 0 atom stereocenters. The van der Waals surface area contributed by atoms with E-state index in [2.05, 4.69) is 45.4 Å². The molecule has 3 aromatic heterocycles. The second-order valence-electron chi connectivity index (χ2n) is 8.83. The van der Waals surface area contributed by atoms with Crippen LogP contribution in [0.15, 0.2) is 73.2 Å². The van der Waals surface area contributed by atoms with Gasteiger partial charge in [-0.05, 0) is 74.4 Å². The maximum Gasteiger partial charge on any atom is 0.336 e. The van der Waals surface area contributed by atoms with Gasteiger partial charge in [-0.25, -0.2) is 9.78 Å². The number of H-pyrrole nitrogens is 1. The summed E-state index contributed by atoms with van der Waals surface area (Å²) in [5.41, 5.74) is 5.08. The summed E-state index contributed by atoms with van der Waals surface area (Å²) in [5, 5.41) is 12.0. The number of nitrogens with zero attached hydrogens (tertiary/aromatic N) is 3. The summed E-state index contributed by atoms with van der Waals surface area (Å²) in [5.74, 6) is 5.61. The topological polar surface area (TPSA) is 74.2 Å². The van der Waals surface area contributed by atoms with Gasteiger partial charge in [0.05, 0.1) is 11.1 Å². The number of aromatic carboxylic acids is 1. The van der Waals surface area contributed by atoms with Crippen LogP contribution in [-0.4, -0.2) is 51.2 Å². The molecule has 0 saturated carbocycles. The lowest BCUT2D eigenvalue weighted by molar-refractivity contribution is 0.0697. The van der Waals surface area contributed by atoms with E-state index in [0.717, 1.165) is 52.6 Å². The second-order valence-corrected chi connectivity index (χ2v) is 8.83. The van der Waals surface area contributed by atoms with Gasteiger partial charge in [-0.2, -0.15) is 0 Å². The monoisotopic (exact) mass is 462 g/mol. The van der Waals surface area contributed by atoms with Gasteiger partial charge in [0.2, 0.25) is 0 Å². The SMILES string of the molecule is CN(C)CCCn1cc(C#Cc2cccc(C(=O)O)c2-c2ccc3cc[nH]c3c2)c2cccnc21. The number of pyridine rings is 1. The van der Waals surface area contributed by atoms with Gasteiger partial charge in [-0.1, -0.05) is 30.0 Å². The Morgan fingerprint density at radius 3 is 2.77 bits per heavy atom. The van der Waals surface area contributed by atoms with E-state index in [9.17, 15) is 9.90 Å². The van der Waals surface area contributed by atoms with E-state index in [1.807, 2.05) is 54.9 Å². The Balaban J connectivity index is 1.59. The van der Waals surface area contributed by atoms with Gasteiger partial charge in [-0.15, -0.1) is 0 Å². The van der Waals surface area contributed by atoms with Crippen LogP contribution in [0.4, 0.5) is 0 Å². The van der Waals surface area contributed by atoms with Crippen LogP contribution in [0.3, 0.4) is 0 Å². The van der Waals surface area contributed by atoms with E-state index in [0.29, 0.717) is 11.1 Å². The molecule has 0 spiro atoms. The molecule has 0 radical (unpaired) electrons. The molecule has 0 aliphatic rings. The number of rotatable bonds is 6. The highest BCUT2D eigenvalue weighted by Gasteiger charge is 2.16. The predicted octanol–water partition coefficient (Wildman–Crippen LogP) is 5.23. The quantitative estimate of drug-likeness (QED) is 0.339. The van der Waals surface area contributed by atoms with Crippen molar-refractivity contribution in [2.45, 2.75) is 13.0 Å². The van der Waals surface area contributed by atoms with Crippen LogP contribution in [-0.2, 0) is 6.54 Å². The Bertz CT molecular complexity index is 1600. The number of carboxylic acids is 1. The van der Waals surface area contributed by atoms with Crippen molar-refractivity contribution in [2.75, 3.05) is 20.6 Å². The summed E-state index contributed by atoms with van der Waals surface area (Å²) in [6.45, 7) is 1.84. The molecule has 35 heavy (non-hydrogen) atoms. The normalized spacial score (nSPS) is 11.2. The van der Waals surface area contributed by atoms with Gasteiger partial charge in [0.1, 0.15) is 5.65 Å². The zero-order valence-corrected chi connectivity index (χ0v) is 19.7. The maximum atomic E-state index is 12.1. The summed E-state index contributed by atoms with van der Waals surface area (Å²) in [6, 6.07) is 17.1. The van der Waals surface area contributed by atoms with Crippen molar-refractivity contribution < 1.29 is 9.90 Å². The molecule has 6 nitrogen and oxygen atoms in total. The number of aryl methyl sites for hydroxylation is 1. The van der Waals surface area contributed by atoms with Gasteiger partial charge in [0.25, 0.3) is 0 Å². The van der Waals surface area contributed by atoms with Gasteiger partial charge in [0.15, 0.2) is 0 Å². The summed E-state index contributed by atoms with van der Waals surface area (Å²) < 4.78 is 2.15. The average Bonchev–Trinajstić information content (AvgIpc) is 3.46.